The van der Waals surface area contributed by atoms with Gasteiger partial charge < -0.3 is 20.4 Å². The zero-order valence-electron chi connectivity index (χ0n) is 14.6. The molecule has 1 aromatic heterocycles. The van der Waals surface area contributed by atoms with Crippen molar-refractivity contribution in [3.05, 3.63) is 74.4 Å². The Bertz CT molecular complexity index is 1200. The van der Waals surface area contributed by atoms with E-state index in [1.807, 2.05) is 0 Å². The summed E-state index contributed by atoms with van der Waals surface area (Å²) in [5, 5.41) is 5.14. The number of nitrogens with one attached hydrogen (secondary N) is 3. The third-order valence-corrected chi connectivity index (χ3v) is 4.84. The van der Waals surface area contributed by atoms with Crippen molar-refractivity contribution in [2.75, 3.05) is 11.9 Å². The molecule has 150 valence electrons. The summed E-state index contributed by atoms with van der Waals surface area (Å²) < 4.78 is 46.1. The van der Waals surface area contributed by atoms with E-state index < -0.39 is 35.1 Å². The molecular formula is C19H13ClF3N3O3. The number of ether oxygens (including phenoxy) is 1. The molecule has 2 heterocycles. The van der Waals surface area contributed by atoms with Gasteiger partial charge in [0.25, 0.3) is 5.56 Å². The fourth-order valence-corrected chi connectivity index (χ4v) is 3.46. The number of aromatic nitrogens is 1. The highest BCUT2D eigenvalue weighted by atomic mass is 35.5. The number of rotatable bonds is 2. The number of H-pyrrole nitrogens is 1. The van der Waals surface area contributed by atoms with Crippen LogP contribution in [-0.4, -0.2) is 17.6 Å². The fourth-order valence-electron chi connectivity index (χ4n) is 3.28. The van der Waals surface area contributed by atoms with Crippen LogP contribution < -0.4 is 16.2 Å². The number of pyridine rings is 1. The number of hydrogen-bond acceptors (Lipinski definition) is 3. The zero-order chi connectivity index (χ0) is 20.7. The van der Waals surface area contributed by atoms with Gasteiger partial charge in [0.1, 0.15) is 5.82 Å². The van der Waals surface area contributed by atoms with Crippen molar-refractivity contribution >= 4 is 34.1 Å². The molecule has 0 bridgehead atoms. The van der Waals surface area contributed by atoms with Crippen LogP contribution in [0.3, 0.4) is 0 Å². The maximum Gasteiger partial charge on any atom is 0.319 e. The predicted molar refractivity (Wildman–Crippen MR) is 100 cm³/mol. The Balaban J connectivity index is 1.68. The van der Waals surface area contributed by atoms with Crippen LogP contribution in [0.4, 0.5) is 23.7 Å². The van der Waals surface area contributed by atoms with Crippen molar-refractivity contribution in [3.63, 3.8) is 0 Å². The molecule has 29 heavy (non-hydrogen) atoms. The van der Waals surface area contributed by atoms with Crippen LogP contribution in [0.25, 0.3) is 10.8 Å². The molecule has 0 aliphatic carbocycles. The molecule has 0 spiro atoms. The zero-order valence-corrected chi connectivity index (χ0v) is 15.4. The lowest BCUT2D eigenvalue weighted by Gasteiger charge is -2.27. The number of fused-ring (bicyclic) bond motifs is 3. The number of halogens is 4. The number of benzene rings is 2. The molecule has 0 unspecified atom stereocenters. The van der Waals surface area contributed by atoms with E-state index in [1.54, 1.807) is 0 Å². The molecule has 0 saturated heterocycles. The van der Waals surface area contributed by atoms with Gasteiger partial charge in [-0.1, -0.05) is 11.6 Å². The Labute approximate surface area is 166 Å². The van der Waals surface area contributed by atoms with Crippen LogP contribution in [0.2, 0.25) is 5.02 Å². The average molecular weight is 424 g/mol. The van der Waals surface area contributed by atoms with Crippen LogP contribution in [0.5, 0.6) is 0 Å². The van der Waals surface area contributed by atoms with Crippen molar-refractivity contribution in [2.45, 2.75) is 12.6 Å². The van der Waals surface area contributed by atoms with Crippen LogP contribution in [-0.2, 0) is 11.3 Å². The first-order valence-electron chi connectivity index (χ1n) is 8.47. The minimum absolute atomic E-state index is 0.0397. The molecule has 3 aromatic rings. The Morgan fingerprint density at radius 3 is 2.55 bits per heavy atom. The van der Waals surface area contributed by atoms with Gasteiger partial charge in [-0.25, -0.2) is 18.0 Å². The van der Waals surface area contributed by atoms with Crippen molar-refractivity contribution in [2.24, 2.45) is 0 Å². The summed E-state index contributed by atoms with van der Waals surface area (Å²) in [6, 6.07) is 4.01. The van der Waals surface area contributed by atoms with E-state index in [0.717, 1.165) is 18.2 Å². The minimum atomic E-state index is -1.15. The third kappa shape index (κ3) is 3.66. The molecule has 1 aliphatic heterocycles. The Kier molecular flexibility index (Phi) is 4.93. The van der Waals surface area contributed by atoms with Gasteiger partial charge in [0, 0.05) is 16.9 Å². The Morgan fingerprint density at radius 2 is 1.83 bits per heavy atom. The highest BCUT2D eigenvalue weighted by molar-refractivity contribution is 6.31. The SMILES string of the molecule is O=C(Nc1ccc(F)c(Cl)c1)N[C@@H]1COCc2[nH]c(=O)c3cc(F)c(F)cc3c21. The molecule has 2 aromatic carbocycles. The maximum absolute atomic E-state index is 13.8. The summed E-state index contributed by atoms with van der Waals surface area (Å²) in [5.41, 5.74) is 0.449. The predicted octanol–water partition coefficient (Wildman–Crippen LogP) is 3.99. The molecule has 6 nitrogen and oxygen atoms in total. The molecule has 4 rings (SSSR count). The standard InChI is InChI=1S/C19H13ClF3N3O3/c20-11-3-8(1-2-12(11)21)24-19(28)26-16-7-29-6-15-17(16)9-4-13(22)14(23)5-10(9)18(27)25-15/h1-5,16H,6-7H2,(H,25,27)(H2,24,26,28)/t16-/m1/s1. The number of aromatic amines is 1. The Hall–Kier alpha value is -3.04. The second kappa shape index (κ2) is 7.41. The quantitative estimate of drug-likeness (QED) is 0.582. The number of carbonyl (C=O) groups excluding carboxylic acids is 1. The fraction of sp³-hybridized carbons (Fsp3) is 0.158. The van der Waals surface area contributed by atoms with Gasteiger partial charge in [-0.2, -0.15) is 0 Å². The summed E-state index contributed by atoms with van der Waals surface area (Å²) in [6.07, 6.45) is 0. The molecular weight excluding hydrogens is 411 g/mol. The van der Waals surface area contributed by atoms with E-state index in [1.165, 1.54) is 12.1 Å². The summed E-state index contributed by atoms with van der Waals surface area (Å²) in [7, 11) is 0. The molecule has 1 aliphatic rings. The van der Waals surface area contributed by atoms with E-state index >= 15 is 0 Å². The maximum atomic E-state index is 13.8. The second-order valence-corrected chi connectivity index (χ2v) is 6.86. The van der Waals surface area contributed by atoms with Crippen LogP contribution >= 0.6 is 11.6 Å². The lowest BCUT2D eigenvalue weighted by Crippen LogP contribution is -2.38. The summed E-state index contributed by atoms with van der Waals surface area (Å²) >= 11 is 5.70. The van der Waals surface area contributed by atoms with Crippen LogP contribution in [0, 0.1) is 17.5 Å². The second-order valence-electron chi connectivity index (χ2n) is 6.45. The van der Waals surface area contributed by atoms with Gasteiger partial charge in [0.05, 0.1) is 29.7 Å². The number of hydrogen-bond donors (Lipinski definition) is 3. The van der Waals surface area contributed by atoms with Crippen molar-refractivity contribution < 1.29 is 22.7 Å². The third-order valence-electron chi connectivity index (χ3n) is 4.55. The van der Waals surface area contributed by atoms with Crippen molar-refractivity contribution in [1.82, 2.24) is 10.3 Å². The van der Waals surface area contributed by atoms with Gasteiger partial charge in [-0.3, -0.25) is 4.79 Å². The summed E-state index contributed by atoms with van der Waals surface area (Å²) in [4.78, 5) is 27.2. The first-order valence-corrected chi connectivity index (χ1v) is 8.85. The van der Waals surface area contributed by atoms with Gasteiger partial charge in [0.15, 0.2) is 11.6 Å². The number of amides is 2. The summed E-state index contributed by atoms with van der Waals surface area (Å²) in [6.45, 7) is 0.0949. The van der Waals surface area contributed by atoms with Gasteiger partial charge >= 0.3 is 6.03 Å². The van der Waals surface area contributed by atoms with E-state index in [9.17, 15) is 22.8 Å². The van der Waals surface area contributed by atoms with E-state index in [2.05, 4.69) is 15.6 Å². The Morgan fingerprint density at radius 1 is 1.10 bits per heavy atom. The first-order chi connectivity index (χ1) is 13.8. The highest BCUT2D eigenvalue weighted by Gasteiger charge is 2.27. The highest BCUT2D eigenvalue weighted by Crippen LogP contribution is 2.30. The smallest absolute Gasteiger partial charge is 0.319 e. The molecule has 1 atom stereocenters. The largest absolute Gasteiger partial charge is 0.373 e. The summed E-state index contributed by atoms with van der Waals surface area (Å²) in [5.74, 6) is -2.89. The van der Waals surface area contributed by atoms with E-state index in [0.29, 0.717) is 11.3 Å². The lowest BCUT2D eigenvalue weighted by molar-refractivity contribution is 0.0826. The number of anilines is 1. The molecule has 2 amide bonds. The first kappa shape index (κ1) is 19.3. The molecule has 3 N–H and O–H groups in total. The van der Waals surface area contributed by atoms with Gasteiger partial charge in [-0.05, 0) is 35.7 Å². The van der Waals surface area contributed by atoms with Crippen LogP contribution in [0.15, 0.2) is 35.1 Å². The van der Waals surface area contributed by atoms with Gasteiger partial charge in [0.2, 0.25) is 0 Å². The normalized spacial score (nSPS) is 15.8. The molecule has 10 heteroatoms. The van der Waals surface area contributed by atoms with E-state index in [4.69, 9.17) is 16.3 Å². The minimum Gasteiger partial charge on any atom is -0.373 e. The average Bonchev–Trinajstić information content (AvgIpc) is 2.66. The monoisotopic (exact) mass is 423 g/mol. The van der Waals surface area contributed by atoms with E-state index in [-0.39, 0.29) is 34.7 Å². The van der Waals surface area contributed by atoms with Crippen LogP contribution in [0.1, 0.15) is 17.3 Å². The molecule has 0 saturated carbocycles. The molecule has 0 fully saturated rings. The van der Waals surface area contributed by atoms with Gasteiger partial charge in [-0.15, -0.1) is 0 Å². The van der Waals surface area contributed by atoms with Crippen molar-refractivity contribution in [3.8, 4) is 0 Å². The lowest BCUT2D eigenvalue weighted by atomic mass is 9.96. The number of urea groups is 1. The number of carbonyl (C=O) groups is 1. The van der Waals surface area contributed by atoms with Crippen molar-refractivity contribution in [1.29, 1.82) is 0 Å². The molecule has 0 radical (unpaired) electrons. The topological polar surface area (TPSA) is 83.2 Å².